The van der Waals surface area contributed by atoms with Gasteiger partial charge in [-0.15, -0.1) is 0 Å². The number of carbonyl (C=O) groups is 1. The van der Waals surface area contributed by atoms with Crippen LogP contribution in [0, 0.1) is 5.92 Å². The second-order valence-electron chi connectivity index (χ2n) is 6.17. The highest BCUT2D eigenvalue weighted by Gasteiger charge is 2.24. The molecule has 2 N–H and O–H groups in total. The summed E-state index contributed by atoms with van der Waals surface area (Å²) in [5, 5.41) is 0. The fourth-order valence-electron chi connectivity index (χ4n) is 3.02. The van der Waals surface area contributed by atoms with Gasteiger partial charge in [-0.2, -0.15) is 0 Å². The Hall–Kier alpha value is -1.55. The fraction of sp³-hybridized carbons (Fsp3) is 0.611. The molecule has 1 aliphatic rings. The lowest BCUT2D eigenvalue weighted by Gasteiger charge is -2.33. The van der Waals surface area contributed by atoms with Crippen LogP contribution in [0.5, 0.6) is 5.75 Å². The molecule has 1 amide bonds. The number of amides is 1. The van der Waals surface area contributed by atoms with Crippen molar-refractivity contribution < 1.29 is 9.53 Å². The summed E-state index contributed by atoms with van der Waals surface area (Å²) in [5.41, 5.74) is 7.03. The van der Waals surface area contributed by atoms with Crippen LogP contribution >= 0.6 is 0 Å². The molecule has 1 aromatic rings. The van der Waals surface area contributed by atoms with Gasteiger partial charge in [0.2, 0.25) is 5.91 Å². The normalized spacial score (nSPS) is 17.3. The minimum absolute atomic E-state index is 0.0879. The molecule has 1 aromatic carbocycles. The second-order valence-corrected chi connectivity index (χ2v) is 6.17. The maximum absolute atomic E-state index is 11.9. The van der Waals surface area contributed by atoms with E-state index in [1.165, 1.54) is 12.0 Å². The molecule has 22 heavy (non-hydrogen) atoms. The summed E-state index contributed by atoms with van der Waals surface area (Å²) in [6, 6.07) is 8.02. The molecular formula is C18H28N2O2. The van der Waals surface area contributed by atoms with Crippen molar-refractivity contribution in [2.24, 2.45) is 11.7 Å². The Labute approximate surface area is 133 Å². The first kappa shape index (κ1) is 16.8. The Morgan fingerprint density at radius 1 is 1.32 bits per heavy atom. The molecule has 0 saturated carbocycles. The van der Waals surface area contributed by atoms with E-state index in [9.17, 15) is 4.79 Å². The molecule has 1 saturated heterocycles. The Balaban J connectivity index is 1.73. The Morgan fingerprint density at radius 2 is 1.95 bits per heavy atom. The molecule has 4 heteroatoms. The number of piperidine rings is 1. The quantitative estimate of drug-likeness (QED) is 0.879. The standard InChI is InChI=1S/C18H28N2O2/c1-3-22-17-8-6-15(7-9-17)4-5-16-10-12-20(13-11-16)18(21)14(2)19/h6-9,14,16H,3-5,10-13,19H2,1-2H3/t14-/m1/s1. The van der Waals surface area contributed by atoms with Crippen LogP contribution in [0.25, 0.3) is 0 Å². The zero-order valence-electron chi connectivity index (χ0n) is 13.8. The molecule has 0 radical (unpaired) electrons. The minimum atomic E-state index is -0.375. The van der Waals surface area contributed by atoms with Crippen molar-refractivity contribution >= 4 is 5.91 Å². The number of nitrogens with two attached hydrogens (primary N) is 1. The van der Waals surface area contributed by atoms with E-state index < -0.39 is 0 Å². The molecular weight excluding hydrogens is 276 g/mol. The van der Waals surface area contributed by atoms with Crippen LogP contribution in [-0.2, 0) is 11.2 Å². The third kappa shape index (κ3) is 4.73. The smallest absolute Gasteiger partial charge is 0.239 e. The van der Waals surface area contributed by atoms with E-state index in [4.69, 9.17) is 10.5 Å². The first-order chi connectivity index (χ1) is 10.6. The first-order valence-electron chi connectivity index (χ1n) is 8.36. The zero-order valence-corrected chi connectivity index (χ0v) is 13.8. The highest BCUT2D eigenvalue weighted by atomic mass is 16.5. The largest absolute Gasteiger partial charge is 0.494 e. The molecule has 1 fully saturated rings. The maximum Gasteiger partial charge on any atom is 0.239 e. The molecule has 2 rings (SSSR count). The highest BCUT2D eigenvalue weighted by molar-refractivity contribution is 5.81. The van der Waals surface area contributed by atoms with Gasteiger partial charge in [-0.1, -0.05) is 12.1 Å². The summed E-state index contributed by atoms with van der Waals surface area (Å²) in [6.45, 7) is 6.18. The number of carbonyl (C=O) groups excluding carboxylic acids is 1. The number of benzene rings is 1. The Bertz CT molecular complexity index is 462. The number of aryl methyl sites for hydroxylation is 1. The lowest BCUT2D eigenvalue weighted by atomic mass is 9.90. The maximum atomic E-state index is 11.9. The van der Waals surface area contributed by atoms with E-state index in [0.717, 1.165) is 38.1 Å². The van der Waals surface area contributed by atoms with Crippen molar-refractivity contribution in [3.8, 4) is 5.75 Å². The van der Waals surface area contributed by atoms with Crippen molar-refractivity contribution in [2.45, 2.75) is 45.6 Å². The molecule has 1 aliphatic heterocycles. The monoisotopic (exact) mass is 304 g/mol. The predicted molar refractivity (Wildman–Crippen MR) is 88.9 cm³/mol. The third-order valence-corrected chi connectivity index (χ3v) is 4.39. The van der Waals surface area contributed by atoms with Crippen LogP contribution in [-0.4, -0.2) is 36.5 Å². The molecule has 0 spiro atoms. The van der Waals surface area contributed by atoms with E-state index in [1.807, 2.05) is 24.0 Å². The van der Waals surface area contributed by atoms with Gasteiger partial charge in [0.25, 0.3) is 0 Å². The molecule has 1 atom stereocenters. The summed E-state index contributed by atoms with van der Waals surface area (Å²) in [7, 11) is 0. The van der Waals surface area contributed by atoms with Gasteiger partial charge in [-0.25, -0.2) is 0 Å². The van der Waals surface area contributed by atoms with Crippen molar-refractivity contribution in [1.82, 2.24) is 4.90 Å². The average Bonchev–Trinajstić information content (AvgIpc) is 2.54. The first-order valence-corrected chi connectivity index (χ1v) is 8.36. The van der Waals surface area contributed by atoms with Gasteiger partial charge in [-0.05, 0) is 63.1 Å². The number of hydrogen-bond acceptors (Lipinski definition) is 3. The minimum Gasteiger partial charge on any atom is -0.494 e. The SMILES string of the molecule is CCOc1ccc(CCC2CCN(C(=O)[C@@H](C)N)CC2)cc1. The van der Waals surface area contributed by atoms with Crippen LogP contribution in [0.1, 0.15) is 38.7 Å². The van der Waals surface area contributed by atoms with Gasteiger partial charge in [-0.3, -0.25) is 4.79 Å². The molecule has 0 aliphatic carbocycles. The van der Waals surface area contributed by atoms with E-state index in [0.29, 0.717) is 12.5 Å². The summed E-state index contributed by atoms with van der Waals surface area (Å²) < 4.78 is 5.46. The van der Waals surface area contributed by atoms with Crippen LogP contribution < -0.4 is 10.5 Å². The summed E-state index contributed by atoms with van der Waals surface area (Å²) in [6.07, 6.45) is 4.47. The Morgan fingerprint density at radius 3 is 2.50 bits per heavy atom. The van der Waals surface area contributed by atoms with Gasteiger partial charge in [0.15, 0.2) is 0 Å². The Kier molecular flexibility index (Phi) is 6.25. The van der Waals surface area contributed by atoms with Gasteiger partial charge in [0.05, 0.1) is 12.6 Å². The van der Waals surface area contributed by atoms with Crippen molar-refractivity contribution in [3.05, 3.63) is 29.8 Å². The number of likely N-dealkylation sites (tertiary alicyclic amines) is 1. The van der Waals surface area contributed by atoms with Gasteiger partial charge >= 0.3 is 0 Å². The van der Waals surface area contributed by atoms with E-state index in [2.05, 4.69) is 12.1 Å². The average molecular weight is 304 g/mol. The second kappa shape index (κ2) is 8.18. The number of ether oxygens (including phenoxy) is 1. The predicted octanol–water partition coefficient (Wildman–Crippen LogP) is 2.60. The van der Waals surface area contributed by atoms with Crippen LogP contribution in [0.2, 0.25) is 0 Å². The molecule has 0 aromatic heterocycles. The van der Waals surface area contributed by atoms with E-state index in [1.54, 1.807) is 6.92 Å². The number of rotatable bonds is 6. The van der Waals surface area contributed by atoms with Crippen LogP contribution in [0.15, 0.2) is 24.3 Å². The van der Waals surface area contributed by atoms with Crippen molar-refractivity contribution in [2.75, 3.05) is 19.7 Å². The molecule has 0 unspecified atom stereocenters. The molecule has 0 bridgehead atoms. The lowest BCUT2D eigenvalue weighted by molar-refractivity contribution is -0.133. The molecule has 1 heterocycles. The fourth-order valence-corrected chi connectivity index (χ4v) is 3.02. The highest BCUT2D eigenvalue weighted by Crippen LogP contribution is 2.23. The lowest BCUT2D eigenvalue weighted by Crippen LogP contribution is -2.45. The van der Waals surface area contributed by atoms with Gasteiger partial charge in [0, 0.05) is 13.1 Å². The van der Waals surface area contributed by atoms with E-state index in [-0.39, 0.29) is 11.9 Å². The summed E-state index contributed by atoms with van der Waals surface area (Å²) in [5.74, 6) is 1.74. The topological polar surface area (TPSA) is 55.6 Å². The number of hydrogen-bond donors (Lipinski definition) is 1. The summed E-state index contributed by atoms with van der Waals surface area (Å²) >= 11 is 0. The van der Waals surface area contributed by atoms with Gasteiger partial charge < -0.3 is 15.4 Å². The molecule has 122 valence electrons. The van der Waals surface area contributed by atoms with Crippen LogP contribution in [0.3, 0.4) is 0 Å². The summed E-state index contributed by atoms with van der Waals surface area (Å²) in [4.78, 5) is 13.8. The number of nitrogens with zero attached hydrogens (tertiary/aromatic N) is 1. The zero-order chi connectivity index (χ0) is 15.9. The van der Waals surface area contributed by atoms with Crippen molar-refractivity contribution in [1.29, 1.82) is 0 Å². The molecule has 4 nitrogen and oxygen atoms in total. The van der Waals surface area contributed by atoms with Gasteiger partial charge in [0.1, 0.15) is 5.75 Å². The third-order valence-electron chi connectivity index (χ3n) is 4.39. The van der Waals surface area contributed by atoms with Crippen LogP contribution in [0.4, 0.5) is 0 Å². The van der Waals surface area contributed by atoms with E-state index >= 15 is 0 Å². The van der Waals surface area contributed by atoms with Crippen molar-refractivity contribution in [3.63, 3.8) is 0 Å².